The normalized spacial score (nSPS) is 13.0. The smallest absolute Gasteiger partial charge is 0.412 e. The van der Waals surface area contributed by atoms with Crippen LogP contribution in [-0.2, 0) is 0 Å². The summed E-state index contributed by atoms with van der Waals surface area (Å²) in [4.78, 5) is 0. The molecule has 0 radical (unpaired) electrons. The molecule has 0 aliphatic heterocycles. The molecule has 0 bridgehead atoms. The zero-order chi connectivity index (χ0) is 5.91. The third kappa shape index (κ3) is 5.33. The Balaban J connectivity index is 3.56. The Kier molecular flexibility index (Phi) is 1.68. The van der Waals surface area contributed by atoms with Gasteiger partial charge in [-0.1, -0.05) is 0 Å². The quantitative estimate of drug-likeness (QED) is 0.472. The van der Waals surface area contributed by atoms with E-state index in [0.717, 1.165) is 0 Å². The Morgan fingerprint density at radius 3 is 1.71 bits per heavy atom. The van der Waals surface area contributed by atoms with E-state index in [1.165, 1.54) is 0 Å². The molecule has 42 valence electrons. The lowest BCUT2D eigenvalue weighted by molar-refractivity contribution is -0.0810. The molecule has 0 heterocycles. The Bertz CT molecular complexity index is 72.7. The second-order valence-electron chi connectivity index (χ2n) is 0.857. The highest BCUT2D eigenvalue weighted by Gasteiger charge is 2.21. The molecule has 1 nitrogen and oxygen atoms in total. The van der Waals surface area contributed by atoms with Crippen LogP contribution in [0.1, 0.15) is 0 Å². The van der Waals surface area contributed by atoms with Crippen LogP contribution in [0.3, 0.4) is 0 Å². The Morgan fingerprint density at radius 1 is 1.29 bits per heavy atom. The SMILES string of the molecule is O/C=C\C(F)(F)F. The van der Waals surface area contributed by atoms with Gasteiger partial charge in [0.1, 0.15) is 0 Å². The zero-order valence-corrected chi connectivity index (χ0v) is 3.24. The van der Waals surface area contributed by atoms with Crippen molar-refractivity contribution >= 4 is 0 Å². The molecule has 0 aromatic carbocycles. The molecule has 0 aliphatic carbocycles. The van der Waals surface area contributed by atoms with Crippen LogP contribution < -0.4 is 0 Å². The summed E-state index contributed by atoms with van der Waals surface area (Å²) in [5, 5.41) is 7.50. The van der Waals surface area contributed by atoms with E-state index in [1.54, 1.807) is 0 Å². The summed E-state index contributed by atoms with van der Waals surface area (Å²) in [5.74, 6) is 0. The summed E-state index contributed by atoms with van der Waals surface area (Å²) in [7, 11) is 0. The molecule has 0 atom stereocenters. The highest BCUT2D eigenvalue weighted by Crippen LogP contribution is 2.14. The third-order valence-corrected chi connectivity index (χ3v) is 0.264. The minimum atomic E-state index is -4.38. The maximum atomic E-state index is 10.8. The maximum Gasteiger partial charge on any atom is 0.412 e. The van der Waals surface area contributed by atoms with E-state index in [1.807, 2.05) is 0 Å². The average molecular weight is 112 g/mol. The molecule has 0 rings (SSSR count). The minimum Gasteiger partial charge on any atom is -0.516 e. The predicted molar refractivity (Wildman–Crippen MR) is 17.8 cm³/mol. The van der Waals surface area contributed by atoms with Crippen LogP contribution in [-0.4, -0.2) is 11.3 Å². The largest absolute Gasteiger partial charge is 0.516 e. The molecule has 0 aliphatic rings. The zero-order valence-electron chi connectivity index (χ0n) is 3.24. The maximum absolute atomic E-state index is 10.8. The van der Waals surface area contributed by atoms with Crippen molar-refractivity contribution < 1.29 is 18.3 Å². The van der Waals surface area contributed by atoms with Crippen molar-refractivity contribution in [2.75, 3.05) is 0 Å². The molecule has 0 saturated heterocycles. The minimum absolute atomic E-state index is 0.0417. The summed E-state index contributed by atoms with van der Waals surface area (Å²) in [5.41, 5.74) is 0. The third-order valence-electron chi connectivity index (χ3n) is 0.264. The van der Waals surface area contributed by atoms with Crippen molar-refractivity contribution in [2.24, 2.45) is 0 Å². The van der Waals surface area contributed by atoms with E-state index in [2.05, 4.69) is 0 Å². The van der Waals surface area contributed by atoms with Crippen LogP contribution in [0.15, 0.2) is 12.3 Å². The van der Waals surface area contributed by atoms with Gasteiger partial charge in [0, 0.05) is 0 Å². The van der Waals surface area contributed by atoms with E-state index in [4.69, 9.17) is 5.11 Å². The van der Waals surface area contributed by atoms with Gasteiger partial charge in [-0.25, -0.2) is 0 Å². The van der Waals surface area contributed by atoms with Crippen molar-refractivity contribution in [3.8, 4) is 0 Å². The average Bonchev–Trinajstić information content (AvgIpc) is 1.30. The van der Waals surface area contributed by atoms with E-state index in [9.17, 15) is 13.2 Å². The van der Waals surface area contributed by atoms with Crippen molar-refractivity contribution in [3.05, 3.63) is 12.3 Å². The van der Waals surface area contributed by atoms with Gasteiger partial charge in [-0.2, -0.15) is 13.2 Å². The predicted octanol–water partition coefficient (Wildman–Crippen LogP) is 1.62. The van der Waals surface area contributed by atoms with Crippen molar-refractivity contribution in [3.63, 3.8) is 0 Å². The lowest BCUT2D eigenvalue weighted by Gasteiger charge is -1.92. The fourth-order valence-electron chi connectivity index (χ4n) is 0.0845. The number of hydrogen-bond acceptors (Lipinski definition) is 1. The van der Waals surface area contributed by atoms with Crippen LogP contribution in [0.5, 0.6) is 0 Å². The molecule has 0 amide bonds. The van der Waals surface area contributed by atoms with Gasteiger partial charge in [-0.05, 0) is 0 Å². The Labute approximate surface area is 38.1 Å². The van der Waals surface area contributed by atoms with Gasteiger partial charge in [-0.15, -0.1) is 0 Å². The molecule has 0 aromatic rings. The van der Waals surface area contributed by atoms with Crippen LogP contribution in [0.2, 0.25) is 0 Å². The first-order valence-electron chi connectivity index (χ1n) is 1.45. The number of aliphatic hydroxyl groups excluding tert-OH is 1. The summed E-state index contributed by atoms with van der Waals surface area (Å²) in [6.45, 7) is 0. The highest BCUT2D eigenvalue weighted by molar-refractivity contribution is 4.80. The first-order valence-corrected chi connectivity index (χ1v) is 1.45. The Morgan fingerprint density at radius 2 is 1.71 bits per heavy atom. The van der Waals surface area contributed by atoms with E-state index >= 15 is 0 Å². The molecular weight excluding hydrogens is 109 g/mol. The fourth-order valence-corrected chi connectivity index (χ4v) is 0.0845. The first kappa shape index (κ1) is 6.33. The molecule has 4 heteroatoms. The van der Waals surface area contributed by atoms with Gasteiger partial charge in [-0.3, -0.25) is 0 Å². The molecule has 0 spiro atoms. The molecule has 0 saturated carbocycles. The van der Waals surface area contributed by atoms with Crippen molar-refractivity contribution in [1.29, 1.82) is 0 Å². The highest BCUT2D eigenvalue weighted by atomic mass is 19.4. The van der Waals surface area contributed by atoms with Crippen molar-refractivity contribution in [1.82, 2.24) is 0 Å². The van der Waals surface area contributed by atoms with Crippen LogP contribution in [0, 0.1) is 0 Å². The van der Waals surface area contributed by atoms with Crippen LogP contribution in [0.25, 0.3) is 0 Å². The standard InChI is InChI=1S/C3H3F3O/c4-3(5,6)1-2-7/h1-2,7H/b2-1-. The van der Waals surface area contributed by atoms with E-state index in [-0.39, 0.29) is 12.3 Å². The van der Waals surface area contributed by atoms with Gasteiger partial charge in [0.25, 0.3) is 0 Å². The van der Waals surface area contributed by atoms with Gasteiger partial charge >= 0.3 is 6.18 Å². The number of allylic oxidation sites excluding steroid dienone is 1. The summed E-state index contributed by atoms with van der Waals surface area (Å²) in [6, 6.07) is 0. The lowest BCUT2D eigenvalue weighted by Crippen LogP contribution is -1.99. The van der Waals surface area contributed by atoms with Crippen LogP contribution >= 0.6 is 0 Å². The summed E-state index contributed by atoms with van der Waals surface area (Å²) in [6.07, 6.45) is -4.68. The summed E-state index contributed by atoms with van der Waals surface area (Å²) < 4.78 is 32.4. The Hall–Kier alpha value is -0.670. The molecule has 0 fully saturated rings. The molecular formula is C3H3F3O. The second kappa shape index (κ2) is 1.86. The van der Waals surface area contributed by atoms with Gasteiger partial charge < -0.3 is 5.11 Å². The molecule has 7 heavy (non-hydrogen) atoms. The number of halogens is 3. The number of alkyl halides is 3. The fraction of sp³-hybridized carbons (Fsp3) is 0.333. The van der Waals surface area contributed by atoms with Gasteiger partial charge in [0.05, 0.1) is 12.3 Å². The van der Waals surface area contributed by atoms with Gasteiger partial charge in [0.2, 0.25) is 0 Å². The second-order valence-corrected chi connectivity index (χ2v) is 0.857. The first-order chi connectivity index (χ1) is 3.06. The lowest BCUT2D eigenvalue weighted by atomic mass is 10.6. The van der Waals surface area contributed by atoms with E-state index < -0.39 is 6.18 Å². The number of aliphatic hydroxyl groups is 1. The van der Waals surface area contributed by atoms with Crippen molar-refractivity contribution in [2.45, 2.75) is 6.18 Å². The molecule has 0 unspecified atom stereocenters. The van der Waals surface area contributed by atoms with Gasteiger partial charge in [0.15, 0.2) is 0 Å². The molecule has 0 aromatic heterocycles. The summed E-state index contributed by atoms with van der Waals surface area (Å²) >= 11 is 0. The number of rotatable bonds is 0. The van der Waals surface area contributed by atoms with E-state index in [0.29, 0.717) is 0 Å². The monoisotopic (exact) mass is 112 g/mol. The topological polar surface area (TPSA) is 20.2 Å². The van der Waals surface area contributed by atoms with Crippen LogP contribution in [0.4, 0.5) is 13.2 Å². The number of hydrogen-bond donors (Lipinski definition) is 1. The molecule has 1 N–H and O–H groups in total.